The van der Waals surface area contributed by atoms with E-state index in [1.807, 2.05) is 0 Å². The molecule has 0 amide bonds. The van der Waals surface area contributed by atoms with Crippen LogP contribution in [0.2, 0.25) is 5.02 Å². The van der Waals surface area contributed by atoms with E-state index < -0.39 is 23.2 Å². The minimum absolute atomic E-state index is 0.254. The summed E-state index contributed by atoms with van der Waals surface area (Å²) < 4.78 is 32.6. The number of hydrogen-bond donors (Lipinski definition) is 1. The van der Waals surface area contributed by atoms with Gasteiger partial charge in [-0.2, -0.15) is 8.78 Å². The number of rotatable bonds is 5. The summed E-state index contributed by atoms with van der Waals surface area (Å²) in [6.07, 6.45) is 0. The number of carboxylic acid groups (broad SMARTS) is 1. The van der Waals surface area contributed by atoms with Crippen molar-refractivity contribution in [2.24, 2.45) is 0 Å². The van der Waals surface area contributed by atoms with Gasteiger partial charge in [-0.1, -0.05) is 11.6 Å². The summed E-state index contributed by atoms with van der Waals surface area (Å²) in [7, 11) is 0. The molecule has 0 fully saturated rings. The van der Waals surface area contributed by atoms with Gasteiger partial charge in [0.05, 0.1) is 0 Å². The zero-order valence-corrected chi connectivity index (χ0v) is 11.7. The SMILES string of the molecule is O=C(O)C(=O)C(F)(F)c1ccc(Oc2ccc(Cl)cc2)cc1. The summed E-state index contributed by atoms with van der Waals surface area (Å²) in [6, 6.07) is 10.7. The molecule has 0 aliphatic carbocycles. The van der Waals surface area contributed by atoms with Crippen LogP contribution in [0, 0.1) is 0 Å². The zero-order chi connectivity index (χ0) is 16.3. The topological polar surface area (TPSA) is 63.6 Å². The van der Waals surface area contributed by atoms with Crippen LogP contribution in [0.25, 0.3) is 0 Å². The number of ether oxygens (including phenoxy) is 1. The molecule has 0 atom stereocenters. The third-order valence-corrected chi connectivity index (χ3v) is 3.00. The molecular weight excluding hydrogens is 318 g/mol. The maximum Gasteiger partial charge on any atom is 0.379 e. The van der Waals surface area contributed by atoms with Crippen LogP contribution in [0.15, 0.2) is 48.5 Å². The van der Waals surface area contributed by atoms with E-state index in [4.69, 9.17) is 21.4 Å². The van der Waals surface area contributed by atoms with E-state index in [2.05, 4.69) is 0 Å². The molecule has 1 N–H and O–H groups in total. The molecule has 22 heavy (non-hydrogen) atoms. The van der Waals surface area contributed by atoms with E-state index in [1.54, 1.807) is 24.3 Å². The number of Topliss-reactive ketones (excluding diaryl/α,β-unsaturated/α-hetero) is 1. The fourth-order valence-corrected chi connectivity index (χ4v) is 1.76. The van der Waals surface area contributed by atoms with Gasteiger partial charge in [0.2, 0.25) is 0 Å². The van der Waals surface area contributed by atoms with E-state index in [0.29, 0.717) is 10.8 Å². The van der Waals surface area contributed by atoms with Crippen LogP contribution >= 0.6 is 11.6 Å². The van der Waals surface area contributed by atoms with Gasteiger partial charge in [0.25, 0.3) is 0 Å². The van der Waals surface area contributed by atoms with Gasteiger partial charge in [-0.3, -0.25) is 4.79 Å². The number of carbonyl (C=O) groups excluding carboxylic acids is 1. The van der Waals surface area contributed by atoms with Gasteiger partial charge < -0.3 is 9.84 Å². The molecule has 0 saturated heterocycles. The van der Waals surface area contributed by atoms with Crippen LogP contribution in [0.1, 0.15) is 5.56 Å². The van der Waals surface area contributed by atoms with Crippen LogP contribution in [0.4, 0.5) is 8.78 Å². The lowest BCUT2D eigenvalue weighted by Gasteiger charge is -2.13. The number of carboxylic acids is 1. The first-order chi connectivity index (χ1) is 10.3. The van der Waals surface area contributed by atoms with Gasteiger partial charge in [-0.05, 0) is 48.5 Å². The monoisotopic (exact) mass is 326 g/mol. The van der Waals surface area contributed by atoms with Gasteiger partial charge in [0.15, 0.2) is 0 Å². The first-order valence-electron chi connectivity index (χ1n) is 6.00. The van der Waals surface area contributed by atoms with E-state index >= 15 is 0 Å². The van der Waals surface area contributed by atoms with Crippen molar-refractivity contribution in [1.82, 2.24) is 0 Å². The van der Waals surface area contributed by atoms with Crippen molar-refractivity contribution < 1.29 is 28.2 Å². The molecule has 0 aromatic heterocycles. The minimum Gasteiger partial charge on any atom is -0.475 e. The number of alkyl halides is 2. The second kappa shape index (κ2) is 6.11. The highest BCUT2D eigenvalue weighted by Gasteiger charge is 2.45. The molecule has 4 nitrogen and oxygen atoms in total. The Labute approximate surface area is 128 Å². The minimum atomic E-state index is -4.09. The number of carbonyl (C=O) groups is 2. The quantitative estimate of drug-likeness (QED) is 0.847. The third kappa shape index (κ3) is 3.40. The van der Waals surface area contributed by atoms with Gasteiger partial charge in [0, 0.05) is 10.6 Å². The average molecular weight is 327 g/mol. The van der Waals surface area contributed by atoms with Crippen molar-refractivity contribution in [3.63, 3.8) is 0 Å². The molecule has 0 spiro atoms. The Morgan fingerprint density at radius 3 is 1.86 bits per heavy atom. The molecule has 0 bridgehead atoms. The Balaban J connectivity index is 2.18. The van der Waals surface area contributed by atoms with Crippen LogP contribution in [-0.2, 0) is 15.5 Å². The van der Waals surface area contributed by atoms with E-state index in [0.717, 1.165) is 12.1 Å². The first kappa shape index (κ1) is 15.9. The third-order valence-electron chi connectivity index (χ3n) is 2.75. The van der Waals surface area contributed by atoms with E-state index in [-0.39, 0.29) is 5.75 Å². The second-order valence-electron chi connectivity index (χ2n) is 4.29. The Hall–Kier alpha value is -2.47. The Kier molecular flexibility index (Phi) is 4.42. The van der Waals surface area contributed by atoms with Gasteiger partial charge >= 0.3 is 17.7 Å². The van der Waals surface area contributed by atoms with Crippen LogP contribution in [0.5, 0.6) is 11.5 Å². The van der Waals surface area contributed by atoms with Crippen molar-refractivity contribution in [2.45, 2.75) is 5.92 Å². The summed E-state index contributed by atoms with van der Waals surface area (Å²) in [4.78, 5) is 21.4. The molecule has 0 saturated carbocycles. The standard InChI is InChI=1S/C15H9ClF2O4/c16-10-3-7-12(8-4-10)22-11-5-1-9(2-6-11)15(17,18)13(19)14(20)21/h1-8H,(H,20,21). The van der Waals surface area contributed by atoms with Gasteiger partial charge in [-0.15, -0.1) is 0 Å². The molecule has 7 heteroatoms. The molecule has 0 aliphatic rings. The highest BCUT2D eigenvalue weighted by atomic mass is 35.5. The molecule has 0 heterocycles. The van der Waals surface area contributed by atoms with Crippen molar-refractivity contribution in [1.29, 1.82) is 0 Å². The second-order valence-corrected chi connectivity index (χ2v) is 4.73. The lowest BCUT2D eigenvalue weighted by molar-refractivity contribution is -0.163. The smallest absolute Gasteiger partial charge is 0.379 e. The predicted octanol–water partition coefficient (Wildman–Crippen LogP) is 3.88. The summed E-state index contributed by atoms with van der Waals surface area (Å²) in [6.45, 7) is 0. The maximum atomic E-state index is 13.6. The van der Waals surface area contributed by atoms with E-state index in [9.17, 15) is 18.4 Å². The summed E-state index contributed by atoms with van der Waals surface area (Å²) in [5.41, 5.74) is -0.719. The number of halogens is 3. The zero-order valence-electron chi connectivity index (χ0n) is 10.9. The van der Waals surface area contributed by atoms with Gasteiger partial charge in [0.1, 0.15) is 11.5 Å². The number of hydrogen-bond acceptors (Lipinski definition) is 3. The van der Waals surface area contributed by atoms with Crippen molar-refractivity contribution in [3.05, 3.63) is 59.1 Å². The van der Waals surface area contributed by atoms with Crippen molar-refractivity contribution >= 4 is 23.4 Å². The Bertz CT molecular complexity index is 696. The maximum absolute atomic E-state index is 13.6. The molecule has 2 rings (SSSR count). The van der Waals surface area contributed by atoms with Gasteiger partial charge in [-0.25, -0.2) is 4.79 Å². The molecule has 0 aliphatic heterocycles. The van der Waals surface area contributed by atoms with E-state index in [1.165, 1.54) is 12.1 Å². The lowest BCUT2D eigenvalue weighted by Crippen LogP contribution is -2.32. The van der Waals surface area contributed by atoms with Crippen molar-refractivity contribution in [3.8, 4) is 11.5 Å². The summed E-state index contributed by atoms with van der Waals surface area (Å²) in [5.74, 6) is -7.76. The summed E-state index contributed by atoms with van der Waals surface area (Å²) >= 11 is 5.72. The molecular formula is C15H9ClF2O4. The molecule has 2 aromatic carbocycles. The number of aliphatic carboxylic acids is 1. The van der Waals surface area contributed by atoms with Crippen molar-refractivity contribution in [2.75, 3.05) is 0 Å². The van der Waals surface area contributed by atoms with Crippen LogP contribution in [-0.4, -0.2) is 16.9 Å². The molecule has 0 unspecified atom stereocenters. The average Bonchev–Trinajstić information content (AvgIpc) is 2.49. The fraction of sp³-hybridized carbons (Fsp3) is 0.0667. The van der Waals surface area contributed by atoms with Crippen LogP contribution < -0.4 is 4.74 Å². The molecule has 2 aromatic rings. The molecule has 0 radical (unpaired) electrons. The lowest BCUT2D eigenvalue weighted by atomic mass is 10.0. The molecule has 114 valence electrons. The highest BCUT2D eigenvalue weighted by molar-refractivity contribution is 6.35. The normalized spacial score (nSPS) is 11.0. The Morgan fingerprint density at radius 1 is 0.955 bits per heavy atom. The predicted molar refractivity (Wildman–Crippen MR) is 74.5 cm³/mol. The largest absolute Gasteiger partial charge is 0.475 e. The summed E-state index contributed by atoms with van der Waals surface area (Å²) in [5, 5.41) is 8.91. The fourth-order valence-electron chi connectivity index (χ4n) is 1.64. The first-order valence-corrected chi connectivity index (χ1v) is 6.38. The number of ketones is 1. The van der Waals surface area contributed by atoms with Crippen LogP contribution in [0.3, 0.4) is 0 Å². The highest BCUT2D eigenvalue weighted by Crippen LogP contribution is 2.31. The number of benzene rings is 2. The Morgan fingerprint density at radius 2 is 1.41 bits per heavy atom.